The van der Waals surface area contributed by atoms with Gasteiger partial charge in [0.25, 0.3) is 0 Å². The Morgan fingerprint density at radius 2 is 2.62 bits per heavy atom. The van der Waals surface area contributed by atoms with Crippen molar-refractivity contribution in [3.63, 3.8) is 0 Å². The van der Waals surface area contributed by atoms with Crippen LogP contribution in [-0.4, -0.2) is 13.7 Å². The average Bonchev–Trinajstić information content (AvgIpc) is 2.12. The van der Waals surface area contributed by atoms with Gasteiger partial charge in [-0.15, -0.1) is 11.3 Å². The second-order valence-electron chi connectivity index (χ2n) is 1.06. The third kappa shape index (κ3) is 1.12. The standard InChI is InChI=1S/C3H3NO2S2/c5-8(6)3-1-4-2-7-3/h1-2H,(H,5,6)/p-1. The summed E-state index contributed by atoms with van der Waals surface area (Å²) in [4.78, 5) is 3.57. The van der Waals surface area contributed by atoms with Gasteiger partial charge < -0.3 is 4.55 Å². The van der Waals surface area contributed by atoms with Crippen LogP contribution in [0.4, 0.5) is 0 Å². The molecule has 0 saturated heterocycles. The van der Waals surface area contributed by atoms with Crippen LogP contribution in [0.25, 0.3) is 0 Å². The lowest BCUT2D eigenvalue weighted by Gasteiger charge is -1.95. The summed E-state index contributed by atoms with van der Waals surface area (Å²) in [6.07, 6.45) is 1.31. The predicted molar refractivity (Wildman–Crippen MR) is 29.3 cm³/mol. The minimum atomic E-state index is -2.09. The van der Waals surface area contributed by atoms with Crippen LogP contribution in [0.2, 0.25) is 0 Å². The molecule has 1 aromatic rings. The summed E-state index contributed by atoms with van der Waals surface area (Å²) in [6.45, 7) is 0. The van der Waals surface area contributed by atoms with Crippen molar-refractivity contribution in [3.8, 4) is 0 Å². The maximum absolute atomic E-state index is 10.0. The van der Waals surface area contributed by atoms with Gasteiger partial charge in [-0.05, 0) is 11.1 Å². The first-order valence-corrected chi connectivity index (χ1v) is 3.74. The molecule has 0 spiro atoms. The Hall–Kier alpha value is -0.260. The van der Waals surface area contributed by atoms with Gasteiger partial charge in [-0.3, -0.25) is 9.19 Å². The van der Waals surface area contributed by atoms with E-state index in [2.05, 4.69) is 4.98 Å². The van der Waals surface area contributed by atoms with Crippen molar-refractivity contribution >= 4 is 22.4 Å². The largest absolute Gasteiger partial charge is 0.768 e. The molecule has 3 nitrogen and oxygen atoms in total. The lowest BCUT2D eigenvalue weighted by molar-refractivity contribution is 0.539. The smallest absolute Gasteiger partial charge is 0.0970 e. The molecule has 0 aliphatic carbocycles. The van der Waals surface area contributed by atoms with E-state index in [1.54, 1.807) is 0 Å². The summed E-state index contributed by atoms with van der Waals surface area (Å²) in [7, 11) is 0. The molecule has 1 atom stereocenters. The number of thiazole rings is 1. The number of rotatable bonds is 1. The zero-order valence-electron chi connectivity index (χ0n) is 3.73. The highest BCUT2D eigenvalue weighted by atomic mass is 32.2. The molecule has 0 radical (unpaired) electrons. The molecule has 1 unspecified atom stereocenters. The van der Waals surface area contributed by atoms with Gasteiger partial charge in [0.1, 0.15) is 0 Å². The zero-order valence-corrected chi connectivity index (χ0v) is 5.37. The Kier molecular flexibility index (Phi) is 1.72. The Balaban J connectivity index is 2.93. The molecule has 0 bridgehead atoms. The molecule has 0 fully saturated rings. The lowest BCUT2D eigenvalue weighted by Crippen LogP contribution is -1.80. The van der Waals surface area contributed by atoms with E-state index in [-0.39, 0.29) is 4.21 Å². The number of nitrogens with zero attached hydrogens (tertiary/aromatic N) is 1. The van der Waals surface area contributed by atoms with Crippen LogP contribution < -0.4 is 0 Å². The number of hydrogen-bond donors (Lipinski definition) is 0. The average molecular weight is 148 g/mol. The molecule has 1 rings (SSSR count). The van der Waals surface area contributed by atoms with E-state index in [0.717, 1.165) is 11.3 Å². The monoisotopic (exact) mass is 148 g/mol. The van der Waals surface area contributed by atoms with Crippen LogP contribution in [0.15, 0.2) is 15.9 Å². The fraction of sp³-hybridized carbons (Fsp3) is 0. The van der Waals surface area contributed by atoms with Crippen LogP contribution in [0.5, 0.6) is 0 Å². The van der Waals surface area contributed by atoms with E-state index in [4.69, 9.17) is 0 Å². The maximum Gasteiger partial charge on any atom is 0.0970 e. The van der Waals surface area contributed by atoms with Crippen LogP contribution in [0.1, 0.15) is 0 Å². The molecule has 0 aliphatic rings. The van der Waals surface area contributed by atoms with E-state index in [0.29, 0.717) is 0 Å². The molecule has 1 heterocycles. The summed E-state index contributed by atoms with van der Waals surface area (Å²) < 4.78 is 20.3. The molecule has 44 valence electrons. The van der Waals surface area contributed by atoms with Crippen LogP contribution in [0.3, 0.4) is 0 Å². The molecule has 0 aromatic carbocycles. The molecule has 1 aromatic heterocycles. The van der Waals surface area contributed by atoms with Gasteiger partial charge in [-0.25, -0.2) is 0 Å². The third-order valence-electron chi connectivity index (χ3n) is 0.574. The quantitative estimate of drug-likeness (QED) is 0.541. The highest BCUT2D eigenvalue weighted by molar-refractivity contribution is 7.81. The van der Waals surface area contributed by atoms with Gasteiger partial charge >= 0.3 is 0 Å². The van der Waals surface area contributed by atoms with E-state index < -0.39 is 11.1 Å². The van der Waals surface area contributed by atoms with Gasteiger partial charge in [0.15, 0.2) is 0 Å². The van der Waals surface area contributed by atoms with Gasteiger partial charge in [0.2, 0.25) is 0 Å². The van der Waals surface area contributed by atoms with E-state index in [9.17, 15) is 8.76 Å². The molecular formula is C3H2NO2S2-. The first-order valence-electron chi connectivity index (χ1n) is 1.78. The van der Waals surface area contributed by atoms with Crippen LogP contribution in [-0.2, 0) is 11.1 Å². The molecule has 0 N–H and O–H groups in total. The van der Waals surface area contributed by atoms with Crippen molar-refractivity contribution in [1.29, 1.82) is 0 Å². The second kappa shape index (κ2) is 2.34. The van der Waals surface area contributed by atoms with Crippen LogP contribution in [0, 0.1) is 0 Å². The Morgan fingerprint density at radius 1 is 1.88 bits per heavy atom. The second-order valence-corrected chi connectivity index (χ2v) is 3.11. The summed E-state index contributed by atoms with van der Waals surface area (Å²) in [5, 5.41) is 0. The topological polar surface area (TPSA) is 53.0 Å². The molecule has 0 saturated carbocycles. The maximum atomic E-state index is 10.0. The summed E-state index contributed by atoms with van der Waals surface area (Å²) in [5.74, 6) is 0. The highest BCUT2D eigenvalue weighted by Crippen LogP contribution is 2.07. The van der Waals surface area contributed by atoms with Crippen molar-refractivity contribution in [3.05, 3.63) is 11.7 Å². The van der Waals surface area contributed by atoms with E-state index in [1.165, 1.54) is 11.7 Å². The summed E-state index contributed by atoms with van der Waals surface area (Å²) in [5.41, 5.74) is 1.48. The molecule has 0 aliphatic heterocycles. The van der Waals surface area contributed by atoms with Gasteiger partial charge in [-0.1, -0.05) is 0 Å². The Bertz CT molecular complexity index is 183. The Morgan fingerprint density at radius 3 is 2.88 bits per heavy atom. The first-order chi connectivity index (χ1) is 3.80. The predicted octanol–water partition coefficient (Wildman–Crippen LogP) is 0.381. The molecule has 8 heavy (non-hydrogen) atoms. The first kappa shape index (κ1) is 5.87. The van der Waals surface area contributed by atoms with Gasteiger partial charge in [-0.2, -0.15) is 0 Å². The van der Waals surface area contributed by atoms with Crippen molar-refractivity contribution in [2.45, 2.75) is 4.21 Å². The van der Waals surface area contributed by atoms with E-state index >= 15 is 0 Å². The minimum absolute atomic E-state index is 0.282. The molecule has 0 amide bonds. The van der Waals surface area contributed by atoms with Crippen molar-refractivity contribution in [2.75, 3.05) is 0 Å². The van der Waals surface area contributed by atoms with Gasteiger partial charge in [0.05, 0.1) is 15.9 Å². The normalized spacial score (nSPS) is 13.6. The van der Waals surface area contributed by atoms with Crippen molar-refractivity contribution in [1.82, 2.24) is 4.98 Å². The zero-order chi connectivity index (χ0) is 5.98. The number of hydrogen-bond acceptors (Lipinski definition) is 4. The van der Waals surface area contributed by atoms with Crippen molar-refractivity contribution in [2.24, 2.45) is 0 Å². The van der Waals surface area contributed by atoms with Crippen LogP contribution >= 0.6 is 11.3 Å². The van der Waals surface area contributed by atoms with E-state index in [1.807, 2.05) is 0 Å². The lowest BCUT2D eigenvalue weighted by atomic mass is 11.0. The summed E-state index contributed by atoms with van der Waals surface area (Å²) in [6, 6.07) is 0. The third-order valence-corrected chi connectivity index (χ3v) is 2.27. The summed E-state index contributed by atoms with van der Waals surface area (Å²) >= 11 is -0.985. The minimum Gasteiger partial charge on any atom is -0.768 e. The highest BCUT2D eigenvalue weighted by Gasteiger charge is 1.89. The Labute approximate surface area is 52.7 Å². The SMILES string of the molecule is O=S([O-])c1cncs1. The fourth-order valence-corrected chi connectivity index (χ4v) is 1.22. The number of aromatic nitrogens is 1. The molecular weight excluding hydrogens is 146 g/mol. The van der Waals surface area contributed by atoms with Gasteiger partial charge in [0, 0.05) is 0 Å². The molecule has 5 heteroatoms. The van der Waals surface area contributed by atoms with Crippen molar-refractivity contribution < 1.29 is 8.76 Å². The fourth-order valence-electron chi connectivity index (χ4n) is 0.286.